The fourth-order valence-electron chi connectivity index (χ4n) is 1.05. The normalized spacial score (nSPS) is 10.8. The zero-order chi connectivity index (χ0) is 12.9. The first-order valence-corrected chi connectivity index (χ1v) is 5.18. The standard InChI is InChI=1S/C12H15NO4/c1-12(2,3)17-10(14)8-16-11(15)9-6-4-5-7-13-9/h4-7H,8H2,1-3H3. The minimum Gasteiger partial charge on any atom is -0.457 e. The molecule has 0 N–H and O–H groups in total. The third-order valence-electron chi connectivity index (χ3n) is 1.62. The van der Waals surface area contributed by atoms with E-state index in [1.54, 1.807) is 32.9 Å². The van der Waals surface area contributed by atoms with E-state index in [2.05, 4.69) is 4.98 Å². The quantitative estimate of drug-likeness (QED) is 0.747. The molecule has 92 valence electrons. The van der Waals surface area contributed by atoms with Crippen LogP contribution in [0.15, 0.2) is 24.4 Å². The Bertz CT molecular complexity index is 395. The van der Waals surface area contributed by atoms with Crippen LogP contribution in [0.2, 0.25) is 0 Å². The van der Waals surface area contributed by atoms with Gasteiger partial charge in [0.05, 0.1) is 0 Å². The van der Waals surface area contributed by atoms with Gasteiger partial charge >= 0.3 is 11.9 Å². The molecule has 1 aromatic heterocycles. The predicted octanol–water partition coefficient (Wildman–Crippen LogP) is 1.58. The topological polar surface area (TPSA) is 65.5 Å². The van der Waals surface area contributed by atoms with Crippen molar-refractivity contribution in [2.45, 2.75) is 26.4 Å². The third kappa shape index (κ3) is 5.10. The van der Waals surface area contributed by atoms with Crippen molar-refractivity contribution in [3.63, 3.8) is 0 Å². The van der Waals surface area contributed by atoms with Crippen molar-refractivity contribution in [2.75, 3.05) is 6.61 Å². The molecule has 1 heterocycles. The van der Waals surface area contributed by atoms with Crippen LogP contribution in [-0.2, 0) is 14.3 Å². The summed E-state index contributed by atoms with van der Waals surface area (Å²) in [5.41, 5.74) is -0.426. The Labute approximate surface area is 99.8 Å². The molecule has 0 spiro atoms. The first-order chi connectivity index (χ1) is 7.88. The van der Waals surface area contributed by atoms with Crippen LogP contribution in [0.4, 0.5) is 0 Å². The van der Waals surface area contributed by atoms with Gasteiger partial charge < -0.3 is 9.47 Å². The first kappa shape index (κ1) is 13.2. The molecule has 5 nitrogen and oxygen atoms in total. The zero-order valence-electron chi connectivity index (χ0n) is 10.1. The van der Waals surface area contributed by atoms with Crippen LogP contribution in [0.25, 0.3) is 0 Å². The molecule has 0 saturated heterocycles. The largest absolute Gasteiger partial charge is 0.457 e. The molecule has 0 aliphatic carbocycles. The van der Waals surface area contributed by atoms with E-state index in [0.717, 1.165) is 0 Å². The van der Waals surface area contributed by atoms with E-state index in [1.807, 2.05) is 0 Å². The highest BCUT2D eigenvalue weighted by Crippen LogP contribution is 2.07. The molecular formula is C12H15NO4. The molecule has 0 fully saturated rings. The van der Waals surface area contributed by atoms with Gasteiger partial charge in [-0.05, 0) is 32.9 Å². The van der Waals surface area contributed by atoms with Gasteiger partial charge in [0, 0.05) is 6.20 Å². The summed E-state index contributed by atoms with van der Waals surface area (Å²) < 4.78 is 9.75. The summed E-state index contributed by atoms with van der Waals surface area (Å²) in [7, 11) is 0. The fraction of sp³-hybridized carbons (Fsp3) is 0.417. The van der Waals surface area contributed by atoms with Crippen molar-refractivity contribution in [1.82, 2.24) is 4.98 Å². The van der Waals surface area contributed by atoms with Gasteiger partial charge in [-0.2, -0.15) is 0 Å². The second-order valence-corrected chi connectivity index (χ2v) is 4.38. The van der Waals surface area contributed by atoms with E-state index in [0.29, 0.717) is 0 Å². The van der Waals surface area contributed by atoms with E-state index < -0.39 is 24.1 Å². The molecule has 1 rings (SSSR count). The molecule has 0 aliphatic heterocycles. The lowest BCUT2D eigenvalue weighted by atomic mass is 10.2. The van der Waals surface area contributed by atoms with Gasteiger partial charge in [0.2, 0.25) is 0 Å². The van der Waals surface area contributed by atoms with Gasteiger partial charge in [-0.25, -0.2) is 14.6 Å². The van der Waals surface area contributed by atoms with E-state index in [-0.39, 0.29) is 5.69 Å². The molecule has 0 unspecified atom stereocenters. The van der Waals surface area contributed by atoms with Crippen LogP contribution >= 0.6 is 0 Å². The van der Waals surface area contributed by atoms with Crippen LogP contribution in [0, 0.1) is 0 Å². The van der Waals surface area contributed by atoms with Crippen molar-refractivity contribution < 1.29 is 19.1 Å². The summed E-state index contributed by atoms with van der Waals surface area (Å²) in [5.74, 6) is -1.22. The number of hydrogen-bond donors (Lipinski definition) is 0. The number of carbonyl (C=O) groups excluding carboxylic acids is 2. The SMILES string of the molecule is CC(C)(C)OC(=O)COC(=O)c1ccccn1. The maximum atomic E-state index is 11.4. The number of ether oxygens (including phenoxy) is 2. The average molecular weight is 237 g/mol. The minimum absolute atomic E-state index is 0.163. The van der Waals surface area contributed by atoms with Crippen molar-refractivity contribution in [3.8, 4) is 0 Å². The van der Waals surface area contributed by atoms with E-state index in [1.165, 1.54) is 12.3 Å². The molecule has 17 heavy (non-hydrogen) atoms. The Kier molecular flexibility index (Phi) is 4.20. The Hall–Kier alpha value is -1.91. The summed E-state index contributed by atoms with van der Waals surface area (Å²) in [6, 6.07) is 4.86. The van der Waals surface area contributed by atoms with Crippen LogP contribution < -0.4 is 0 Å². The second kappa shape index (κ2) is 5.43. The Morgan fingerprint density at radius 3 is 2.53 bits per heavy atom. The van der Waals surface area contributed by atoms with Crippen LogP contribution in [0.1, 0.15) is 31.3 Å². The van der Waals surface area contributed by atoms with Gasteiger partial charge in [0.25, 0.3) is 0 Å². The van der Waals surface area contributed by atoms with E-state index in [9.17, 15) is 9.59 Å². The van der Waals surface area contributed by atoms with Crippen LogP contribution in [0.3, 0.4) is 0 Å². The summed E-state index contributed by atoms with van der Waals surface area (Å²) in [6.45, 7) is 4.81. The van der Waals surface area contributed by atoms with Crippen molar-refractivity contribution >= 4 is 11.9 Å². The van der Waals surface area contributed by atoms with Crippen molar-refractivity contribution in [1.29, 1.82) is 0 Å². The summed E-state index contributed by atoms with van der Waals surface area (Å²) in [4.78, 5) is 26.5. The Morgan fingerprint density at radius 2 is 2.00 bits per heavy atom. The lowest BCUT2D eigenvalue weighted by Gasteiger charge is -2.19. The van der Waals surface area contributed by atoms with Gasteiger partial charge in [0.1, 0.15) is 11.3 Å². The van der Waals surface area contributed by atoms with Gasteiger partial charge in [-0.15, -0.1) is 0 Å². The Balaban J connectivity index is 2.42. The molecule has 0 aliphatic rings. The second-order valence-electron chi connectivity index (χ2n) is 4.38. The molecule has 0 saturated carbocycles. The molecule has 0 radical (unpaired) electrons. The maximum absolute atomic E-state index is 11.4. The number of rotatable bonds is 3. The van der Waals surface area contributed by atoms with Gasteiger partial charge in [0.15, 0.2) is 6.61 Å². The third-order valence-corrected chi connectivity index (χ3v) is 1.62. The summed E-state index contributed by atoms with van der Waals surface area (Å²) in [6.07, 6.45) is 1.48. The van der Waals surface area contributed by atoms with Gasteiger partial charge in [-0.3, -0.25) is 0 Å². The van der Waals surface area contributed by atoms with Gasteiger partial charge in [-0.1, -0.05) is 6.07 Å². The lowest BCUT2D eigenvalue weighted by Crippen LogP contribution is -2.27. The van der Waals surface area contributed by atoms with Crippen molar-refractivity contribution in [2.24, 2.45) is 0 Å². The molecule has 0 bridgehead atoms. The number of hydrogen-bond acceptors (Lipinski definition) is 5. The maximum Gasteiger partial charge on any atom is 0.357 e. The van der Waals surface area contributed by atoms with Crippen LogP contribution in [0.5, 0.6) is 0 Å². The molecule has 5 heteroatoms. The number of carbonyl (C=O) groups is 2. The highest BCUT2D eigenvalue weighted by molar-refractivity contribution is 5.88. The smallest absolute Gasteiger partial charge is 0.357 e. The number of aromatic nitrogens is 1. The summed E-state index contributed by atoms with van der Waals surface area (Å²) >= 11 is 0. The molecule has 1 aromatic rings. The average Bonchev–Trinajstić information content (AvgIpc) is 2.25. The molecule has 0 amide bonds. The lowest BCUT2D eigenvalue weighted by molar-refractivity contribution is -0.158. The predicted molar refractivity (Wildman–Crippen MR) is 60.4 cm³/mol. The summed E-state index contributed by atoms with van der Waals surface area (Å²) in [5, 5.41) is 0. The number of esters is 2. The van der Waals surface area contributed by atoms with E-state index >= 15 is 0 Å². The Morgan fingerprint density at radius 1 is 1.29 bits per heavy atom. The minimum atomic E-state index is -0.642. The number of pyridine rings is 1. The van der Waals surface area contributed by atoms with E-state index in [4.69, 9.17) is 9.47 Å². The highest BCUT2D eigenvalue weighted by Gasteiger charge is 2.18. The molecule has 0 atom stereocenters. The zero-order valence-corrected chi connectivity index (χ0v) is 10.1. The monoisotopic (exact) mass is 237 g/mol. The van der Waals surface area contributed by atoms with Crippen molar-refractivity contribution in [3.05, 3.63) is 30.1 Å². The fourth-order valence-corrected chi connectivity index (χ4v) is 1.05. The first-order valence-electron chi connectivity index (χ1n) is 5.18. The molecule has 0 aromatic carbocycles. The highest BCUT2D eigenvalue weighted by atomic mass is 16.6. The number of nitrogens with zero attached hydrogens (tertiary/aromatic N) is 1. The molecular weight excluding hydrogens is 222 g/mol. The van der Waals surface area contributed by atoms with Crippen LogP contribution in [-0.4, -0.2) is 29.1 Å².